The van der Waals surface area contributed by atoms with Gasteiger partial charge in [-0.15, -0.1) is 0 Å². The second-order valence-electron chi connectivity index (χ2n) is 6.73. The second kappa shape index (κ2) is 9.09. The number of amides is 1. The van der Waals surface area contributed by atoms with Crippen molar-refractivity contribution in [3.8, 4) is 11.4 Å². The Morgan fingerprint density at radius 3 is 2.55 bits per heavy atom. The molecule has 0 saturated heterocycles. The first-order chi connectivity index (χ1) is 13.9. The maximum Gasteiger partial charge on any atom is 0.275 e. The van der Waals surface area contributed by atoms with Crippen LogP contribution in [0.25, 0.3) is 5.69 Å². The van der Waals surface area contributed by atoms with Crippen molar-refractivity contribution in [1.82, 2.24) is 9.99 Å². The van der Waals surface area contributed by atoms with E-state index in [0.29, 0.717) is 11.3 Å². The number of methoxy groups -OCH3 is 1. The molecule has 0 aliphatic heterocycles. The van der Waals surface area contributed by atoms with Crippen LogP contribution in [-0.2, 0) is 6.42 Å². The van der Waals surface area contributed by atoms with Crippen LogP contribution in [0.3, 0.4) is 0 Å². The number of aromatic nitrogens is 1. The predicted molar refractivity (Wildman–Crippen MR) is 120 cm³/mol. The highest BCUT2D eigenvalue weighted by Crippen LogP contribution is 2.23. The number of ether oxygens (including phenoxy) is 1. The smallest absolute Gasteiger partial charge is 0.275 e. The summed E-state index contributed by atoms with van der Waals surface area (Å²) in [7, 11) is 1.53. The van der Waals surface area contributed by atoms with Gasteiger partial charge in [0, 0.05) is 27.1 Å². The van der Waals surface area contributed by atoms with Gasteiger partial charge in [-0.2, -0.15) is 5.10 Å². The van der Waals surface area contributed by atoms with Gasteiger partial charge in [0.25, 0.3) is 5.91 Å². The number of hydrazone groups is 1. The van der Waals surface area contributed by atoms with Gasteiger partial charge in [0.05, 0.1) is 18.9 Å². The molecule has 0 bridgehead atoms. The van der Waals surface area contributed by atoms with E-state index in [0.717, 1.165) is 33.5 Å². The average molecular weight is 454 g/mol. The van der Waals surface area contributed by atoms with Crippen LogP contribution in [-0.4, -0.2) is 23.8 Å². The standard InChI is InChI=1S/C23H24BrN3O2/c1-5-17-6-9-20(10-7-17)27-15(2)12-18(16(27)3)14-25-26-23(28)21-13-19(24)8-11-22(21)29-4/h6-14H,5H2,1-4H3,(H,26,28)/b25-14-. The summed E-state index contributed by atoms with van der Waals surface area (Å²) in [5.41, 5.74) is 8.53. The molecule has 2 aromatic carbocycles. The lowest BCUT2D eigenvalue weighted by Crippen LogP contribution is -2.18. The number of halogens is 1. The number of benzene rings is 2. The molecule has 29 heavy (non-hydrogen) atoms. The first-order valence-electron chi connectivity index (χ1n) is 9.39. The molecule has 3 aromatic rings. The van der Waals surface area contributed by atoms with Gasteiger partial charge in [0.2, 0.25) is 0 Å². The van der Waals surface area contributed by atoms with Crippen LogP contribution in [0, 0.1) is 13.8 Å². The van der Waals surface area contributed by atoms with Crippen LogP contribution in [0.2, 0.25) is 0 Å². The molecule has 0 radical (unpaired) electrons. The highest BCUT2D eigenvalue weighted by Gasteiger charge is 2.13. The fourth-order valence-electron chi connectivity index (χ4n) is 3.27. The maximum atomic E-state index is 12.5. The molecule has 1 N–H and O–H groups in total. The van der Waals surface area contributed by atoms with E-state index in [2.05, 4.69) is 75.2 Å². The van der Waals surface area contributed by atoms with E-state index in [1.807, 2.05) is 13.0 Å². The molecular formula is C23H24BrN3O2. The molecule has 150 valence electrons. The minimum atomic E-state index is -0.330. The number of carbonyl (C=O) groups excluding carboxylic acids is 1. The fourth-order valence-corrected chi connectivity index (χ4v) is 3.64. The van der Waals surface area contributed by atoms with E-state index in [4.69, 9.17) is 4.74 Å². The molecule has 1 amide bonds. The third-order valence-electron chi connectivity index (χ3n) is 4.85. The third kappa shape index (κ3) is 4.59. The zero-order chi connectivity index (χ0) is 21.0. The maximum absolute atomic E-state index is 12.5. The quantitative estimate of drug-likeness (QED) is 0.412. The number of carbonyl (C=O) groups is 1. The van der Waals surface area contributed by atoms with E-state index in [9.17, 15) is 4.79 Å². The summed E-state index contributed by atoms with van der Waals surface area (Å²) in [4.78, 5) is 12.5. The van der Waals surface area contributed by atoms with Gasteiger partial charge in [-0.05, 0) is 62.2 Å². The van der Waals surface area contributed by atoms with Crippen molar-refractivity contribution in [2.45, 2.75) is 27.2 Å². The van der Waals surface area contributed by atoms with Gasteiger partial charge in [-0.3, -0.25) is 4.79 Å². The van der Waals surface area contributed by atoms with Crippen molar-refractivity contribution >= 4 is 28.1 Å². The predicted octanol–water partition coefficient (Wildman–Crippen LogP) is 5.19. The minimum Gasteiger partial charge on any atom is -0.496 e. The Bertz CT molecular complexity index is 1050. The van der Waals surface area contributed by atoms with E-state index in [1.165, 1.54) is 12.7 Å². The van der Waals surface area contributed by atoms with Crippen molar-refractivity contribution < 1.29 is 9.53 Å². The largest absolute Gasteiger partial charge is 0.496 e. The van der Waals surface area contributed by atoms with Gasteiger partial charge >= 0.3 is 0 Å². The first kappa shape index (κ1) is 20.9. The molecule has 0 saturated carbocycles. The summed E-state index contributed by atoms with van der Waals surface area (Å²) in [5, 5.41) is 4.15. The Balaban J connectivity index is 1.79. The highest BCUT2D eigenvalue weighted by molar-refractivity contribution is 9.10. The van der Waals surface area contributed by atoms with E-state index in [-0.39, 0.29) is 5.91 Å². The van der Waals surface area contributed by atoms with E-state index < -0.39 is 0 Å². The van der Waals surface area contributed by atoms with Gasteiger partial charge in [0.15, 0.2) is 0 Å². The molecule has 0 unspecified atom stereocenters. The molecule has 3 rings (SSSR count). The molecule has 5 nitrogen and oxygen atoms in total. The van der Waals surface area contributed by atoms with Crippen molar-refractivity contribution in [3.63, 3.8) is 0 Å². The Kier molecular flexibility index (Phi) is 6.54. The average Bonchev–Trinajstić information content (AvgIpc) is 3.01. The van der Waals surface area contributed by atoms with Crippen LogP contribution in [0.15, 0.2) is 58.1 Å². The van der Waals surface area contributed by atoms with Crippen LogP contribution in [0.4, 0.5) is 0 Å². The second-order valence-corrected chi connectivity index (χ2v) is 7.64. The number of hydrogen-bond donors (Lipinski definition) is 1. The van der Waals surface area contributed by atoms with Crippen molar-refractivity contribution in [2.75, 3.05) is 7.11 Å². The summed E-state index contributed by atoms with van der Waals surface area (Å²) in [5.74, 6) is 0.165. The summed E-state index contributed by atoms with van der Waals surface area (Å²) in [6.45, 7) is 6.25. The van der Waals surface area contributed by atoms with Crippen LogP contribution < -0.4 is 10.2 Å². The number of nitrogens with zero attached hydrogens (tertiary/aromatic N) is 2. The topological polar surface area (TPSA) is 55.6 Å². The number of aryl methyl sites for hydroxylation is 2. The molecular weight excluding hydrogens is 430 g/mol. The molecule has 0 spiro atoms. The van der Waals surface area contributed by atoms with E-state index >= 15 is 0 Å². The van der Waals surface area contributed by atoms with Crippen LogP contribution in [0.5, 0.6) is 5.75 Å². The van der Waals surface area contributed by atoms with E-state index in [1.54, 1.807) is 18.3 Å². The van der Waals surface area contributed by atoms with Crippen LogP contribution in [0.1, 0.15) is 39.8 Å². The first-order valence-corrected chi connectivity index (χ1v) is 10.2. The Morgan fingerprint density at radius 2 is 1.90 bits per heavy atom. The van der Waals surface area contributed by atoms with Crippen LogP contribution >= 0.6 is 15.9 Å². The molecule has 0 aliphatic carbocycles. The normalized spacial score (nSPS) is 11.1. The van der Waals surface area contributed by atoms with Crippen molar-refractivity contribution in [1.29, 1.82) is 0 Å². The Labute approximate surface area is 179 Å². The van der Waals surface area contributed by atoms with Crippen molar-refractivity contribution in [2.24, 2.45) is 5.10 Å². The van der Waals surface area contributed by atoms with Gasteiger partial charge in [0.1, 0.15) is 5.75 Å². The van der Waals surface area contributed by atoms with Gasteiger partial charge in [-0.1, -0.05) is 35.0 Å². The number of rotatable bonds is 6. The number of nitrogens with one attached hydrogen (secondary N) is 1. The SMILES string of the molecule is CCc1ccc(-n2c(C)cc(/C=N\NC(=O)c3cc(Br)ccc3OC)c2C)cc1. The molecule has 1 heterocycles. The minimum absolute atomic E-state index is 0.330. The molecule has 0 aliphatic rings. The Hall–Kier alpha value is -2.86. The molecule has 0 fully saturated rings. The monoisotopic (exact) mass is 453 g/mol. The van der Waals surface area contributed by atoms with Gasteiger partial charge in [-0.25, -0.2) is 5.43 Å². The lowest BCUT2D eigenvalue weighted by molar-refractivity contribution is 0.0952. The summed E-state index contributed by atoms with van der Waals surface area (Å²) in [6.07, 6.45) is 2.69. The van der Waals surface area contributed by atoms with Gasteiger partial charge < -0.3 is 9.30 Å². The Morgan fingerprint density at radius 1 is 1.17 bits per heavy atom. The van der Waals surface area contributed by atoms with Crippen molar-refractivity contribution in [3.05, 3.63) is 81.1 Å². The summed E-state index contributed by atoms with van der Waals surface area (Å²) < 4.78 is 8.23. The lowest BCUT2D eigenvalue weighted by Gasteiger charge is -2.10. The zero-order valence-corrected chi connectivity index (χ0v) is 18.6. The summed E-state index contributed by atoms with van der Waals surface area (Å²) >= 11 is 3.37. The zero-order valence-electron chi connectivity index (χ0n) is 17.0. The fraction of sp³-hybridized carbons (Fsp3) is 0.217. The molecule has 1 aromatic heterocycles. The summed E-state index contributed by atoms with van der Waals surface area (Å²) in [6, 6.07) is 15.9. The highest BCUT2D eigenvalue weighted by atomic mass is 79.9. The molecule has 6 heteroatoms. The molecule has 0 atom stereocenters. The third-order valence-corrected chi connectivity index (χ3v) is 5.34. The number of hydrogen-bond acceptors (Lipinski definition) is 3. The lowest BCUT2D eigenvalue weighted by atomic mass is 10.1.